The first-order chi connectivity index (χ1) is 10.0. The van der Waals surface area contributed by atoms with Crippen LogP contribution in [0.15, 0.2) is 12.1 Å². The van der Waals surface area contributed by atoms with Crippen LogP contribution in [0.25, 0.3) is 10.6 Å². The summed E-state index contributed by atoms with van der Waals surface area (Å²) in [4.78, 5) is 16.7. The summed E-state index contributed by atoms with van der Waals surface area (Å²) in [6.07, 6.45) is 0. The van der Waals surface area contributed by atoms with Gasteiger partial charge in [-0.15, -0.1) is 11.3 Å². The summed E-state index contributed by atoms with van der Waals surface area (Å²) >= 11 is 7.71. The number of esters is 1. The van der Waals surface area contributed by atoms with Crippen molar-refractivity contribution < 1.29 is 19.0 Å². The molecular weight excluding hydrogens is 314 g/mol. The van der Waals surface area contributed by atoms with Crippen molar-refractivity contribution in [2.75, 3.05) is 21.3 Å². The minimum absolute atomic E-state index is 0.295. The van der Waals surface area contributed by atoms with Gasteiger partial charge in [-0.2, -0.15) is 0 Å². The smallest absolute Gasteiger partial charge is 0.357 e. The summed E-state index contributed by atoms with van der Waals surface area (Å²) in [5.74, 6) is 0.503. The first-order valence-corrected chi connectivity index (χ1v) is 7.19. The van der Waals surface area contributed by atoms with Gasteiger partial charge in [0.25, 0.3) is 0 Å². The molecule has 0 saturated heterocycles. The largest absolute Gasteiger partial charge is 0.493 e. The second-order valence-electron chi connectivity index (χ2n) is 4.08. The van der Waals surface area contributed by atoms with Gasteiger partial charge >= 0.3 is 5.97 Å². The highest BCUT2D eigenvalue weighted by Gasteiger charge is 2.21. The van der Waals surface area contributed by atoms with Crippen LogP contribution in [0.1, 0.15) is 15.4 Å². The number of rotatable bonds is 4. The Labute approximate surface area is 131 Å². The van der Waals surface area contributed by atoms with Crippen molar-refractivity contribution in [3.05, 3.63) is 27.7 Å². The number of thiazole rings is 1. The highest BCUT2D eigenvalue weighted by atomic mass is 35.5. The number of ether oxygens (including phenoxy) is 3. The molecule has 0 N–H and O–H groups in total. The fourth-order valence-corrected chi connectivity index (χ4v) is 3.16. The lowest BCUT2D eigenvalue weighted by Crippen LogP contribution is -2.03. The summed E-state index contributed by atoms with van der Waals surface area (Å²) in [5, 5.41) is 1.01. The number of methoxy groups -OCH3 is 3. The third kappa shape index (κ3) is 2.82. The van der Waals surface area contributed by atoms with Gasteiger partial charge in [0.2, 0.25) is 0 Å². The van der Waals surface area contributed by atoms with Crippen LogP contribution in [0.5, 0.6) is 11.5 Å². The number of carbonyl (C=O) groups excluding carboxylic acids is 1. The molecule has 0 amide bonds. The molecule has 0 unspecified atom stereocenters. The minimum atomic E-state index is -0.466. The van der Waals surface area contributed by atoms with Gasteiger partial charge in [-0.25, -0.2) is 9.78 Å². The summed E-state index contributed by atoms with van der Waals surface area (Å²) in [6.45, 7) is 1.81. The van der Waals surface area contributed by atoms with Crippen molar-refractivity contribution in [2.45, 2.75) is 6.92 Å². The molecule has 0 saturated carbocycles. The van der Waals surface area contributed by atoms with Gasteiger partial charge in [0.15, 0.2) is 17.2 Å². The van der Waals surface area contributed by atoms with Crippen molar-refractivity contribution in [2.24, 2.45) is 0 Å². The van der Waals surface area contributed by atoms with Crippen molar-refractivity contribution >= 4 is 28.9 Å². The number of hydrogen-bond acceptors (Lipinski definition) is 6. The predicted molar refractivity (Wildman–Crippen MR) is 81.7 cm³/mol. The molecule has 5 nitrogen and oxygen atoms in total. The van der Waals surface area contributed by atoms with Crippen LogP contribution in [-0.2, 0) is 4.74 Å². The summed E-state index contributed by atoms with van der Waals surface area (Å²) < 4.78 is 15.2. The molecule has 0 aliphatic rings. The normalized spacial score (nSPS) is 10.3. The van der Waals surface area contributed by atoms with Gasteiger partial charge in [-0.1, -0.05) is 11.6 Å². The molecule has 0 atom stereocenters. The first-order valence-electron chi connectivity index (χ1n) is 6.00. The van der Waals surface area contributed by atoms with Gasteiger partial charge < -0.3 is 14.2 Å². The molecule has 0 radical (unpaired) electrons. The third-order valence-corrected chi connectivity index (χ3v) is 4.27. The van der Waals surface area contributed by atoms with Gasteiger partial charge in [0.1, 0.15) is 5.01 Å². The number of hydrogen-bond donors (Lipinski definition) is 0. The molecule has 0 spiro atoms. The third-order valence-electron chi connectivity index (χ3n) is 2.89. The van der Waals surface area contributed by atoms with Crippen LogP contribution in [-0.4, -0.2) is 32.3 Å². The van der Waals surface area contributed by atoms with Crippen molar-refractivity contribution in [1.82, 2.24) is 4.98 Å². The molecule has 1 aromatic heterocycles. The summed E-state index contributed by atoms with van der Waals surface area (Å²) in [5.41, 5.74) is 0.973. The second kappa shape index (κ2) is 6.32. The number of carbonyl (C=O) groups is 1. The molecule has 21 heavy (non-hydrogen) atoms. The molecule has 1 heterocycles. The van der Waals surface area contributed by atoms with E-state index in [9.17, 15) is 4.79 Å². The molecule has 0 fully saturated rings. The molecule has 112 valence electrons. The van der Waals surface area contributed by atoms with Crippen LogP contribution in [0.4, 0.5) is 0 Å². The van der Waals surface area contributed by atoms with Gasteiger partial charge in [-0.3, -0.25) is 0 Å². The zero-order valence-corrected chi connectivity index (χ0v) is 13.6. The zero-order valence-electron chi connectivity index (χ0n) is 12.0. The van der Waals surface area contributed by atoms with E-state index < -0.39 is 5.97 Å². The standard InChI is InChI=1S/C14H14ClNO4S/c1-7-11(14(17)20-4)16-13(21-7)8-5-6-9(18-2)12(19-3)10(8)15/h5-6H,1-4H3. The first kappa shape index (κ1) is 15.6. The number of aryl methyl sites for hydroxylation is 1. The Balaban J connectivity index is 2.55. The highest BCUT2D eigenvalue weighted by Crippen LogP contribution is 2.43. The Bertz CT molecular complexity index is 684. The molecule has 2 aromatic rings. The van der Waals surface area contributed by atoms with Crippen LogP contribution < -0.4 is 9.47 Å². The molecule has 0 bridgehead atoms. The van der Waals surface area contributed by atoms with Crippen molar-refractivity contribution in [3.63, 3.8) is 0 Å². The van der Waals surface area contributed by atoms with Crippen molar-refractivity contribution in [1.29, 1.82) is 0 Å². The Morgan fingerprint density at radius 2 is 1.95 bits per heavy atom. The SMILES string of the molecule is COC(=O)c1nc(-c2ccc(OC)c(OC)c2Cl)sc1C. The van der Waals surface area contributed by atoms with Crippen LogP contribution in [0, 0.1) is 6.92 Å². The van der Waals surface area contributed by atoms with E-state index in [0.717, 1.165) is 4.88 Å². The second-order valence-corrected chi connectivity index (χ2v) is 5.66. The number of nitrogens with zero attached hydrogens (tertiary/aromatic N) is 1. The average Bonchev–Trinajstić information content (AvgIpc) is 2.87. The maximum Gasteiger partial charge on any atom is 0.357 e. The lowest BCUT2D eigenvalue weighted by molar-refractivity contribution is 0.0594. The maximum atomic E-state index is 11.6. The summed E-state index contributed by atoms with van der Waals surface area (Å²) in [6, 6.07) is 3.53. The fraction of sp³-hybridized carbons (Fsp3) is 0.286. The number of aromatic nitrogens is 1. The Morgan fingerprint density at radius 1 is 1.24 bits per heavy atom. The molecule has 0 aliphatic heterocycles. The quantitative estimate of drug-likeness (QED) is 0.803. The molecule has 0 aliphatic carbocycles. The molecular formula is C14H14ClNO4S. The average molecular weight is 328 g/mol. The van der Waals surface area contributed by atoms with Crippen LogP contribution in [0.3, 0.4) is 0 Å². The molecule has 1 aromatic carbocycles. The lowest BCUT2D eigenvalue weighted by Gasteiger charge is -2.11. The Morgan fingerprint density at radius 3 is 2.52 bits per heavy atom. The summed E-state index contributed by atoms with van der Waals surface area (Å²) in [7, 11) is 4.38. The topological polar surface area (TPSA) is 57.7 Å². The Kier molecular flexibility index (Phi) is 4.69. The number of benzene rings is 1. The van der Waals surface area contributed by atoms with Gasteiger partial charge in [-0.05, 0) is 19.1 Å². The van der Waals surface area contributed by atoms with E-state index in [1.54, 1.807) is 12.1 Å². The highest BCUT2D eigenvalue weighted by molar-refractivity contribution is 7.15. The van der Waals surface area contributed by atoms with E-state index in [1.807, 2.05) is 6.92 Å². The van der Waals surface area contributed by atoms with E-state index in [4.69, 9.17) is 25.8 Å². The predicted octanol–water partition coefficient (Wildman–Crippen LogP) is 3.58. The van der Waals surface area contributed by atoms with Gasteiger partial charge in [0.05, 0.1) is 26.4 Å². The van der Waals surface area contributed by atoms with E-state index in [-0.39, 0.29) is 0 Å². The van der Waals surface area contributed by atoms with Crippen molar-refractivity contribution in [3.8, 4) is 22.1 Å². The van der Waals surface area contributed by atoms with E-state index >= 15 is 0 Å². The van der Waals surface area contributed by atoms with E-state index in [1.165, 1.54) is 32.7 Å². The zero-order chi connectivity index (χ0) is 15.6. The molecule has 7 heteroatoms. The van der Waals surface area contributed by atoms with Crippen LogP contribution in [0.2, 0.25) is 5.02 Å². The maximum absolute atomic E-state index is 11.6. The number of halogens is 1. The van der Waals surface area contributed by atoms with E-state index in [2.05, 4.69) is 4.98 Å². The minimum Gasteiger partial charge on any atom is -0.493 e. The van der Waals surface area contributed by atoms with Gasteiger partial charge in [0, 0.05) is 10.4 Å². The molecule has 2 rings (SSSR count). The monoisotopic (exact) mass is 327 g/mol. The fourth-order valence-electron chi connectivity index (χ4n) is 1.85. The van der Waals surface area contributed by atoms with E-state index in [0.29, 0.717) is 32.8 Å². The lowest BCUT2D eigenvalue weighted by atomic mass is 10.2. The van der Waals surface area contributed by atoms with Crippen LogP contribution >= 0.6 is 22.9 Å². The Hall–Kier alpha value is -1.79.